The van der Waals surface area contributed by atoms with Crippen LogP contribution in [-0.2, 0) is 10.3 Å². The third-order valence-electron chi connectivity index (χ3n) is 3.67. The summed E-state index contributed by atoms with van der Waals surface area (Å²) in [6.07, 6.45) is 1.57. The third kappa shape index (κ3) is 2.48. The molecule has 2 N–H and O–H groups in total. The van der Waals surface area contributed by atoms with Crippen molar-refractivity contribution in [2.45, 2.75) is 12.5 Å². The molecule has 1 fully saturated rings. The van der Waals surface area contributed by atoms with E-state index in [4.69, 9.17) is 4.74 Å². The van der Waals surface area contributed by atoms with E-state index in [9.17, 15) is 9.90 Å². The summed E-state index contributed by atoms with van der Waals surface area (Å²) in [6.45, 7) is 2.78. The van der Waals surface area contributed by atoms with Crippen LogP contribution in [0, 0.1) is 6.92 Å². The number of anilines is 1. The molecule has 0 saturated carbocycles. The van der Waals surface area contributed by atoms with Crippen molar-refractivity contribution in [3.63, 3.8) is 0 Å². The fourth-order valence-electron chi connectivity index (χ4n) is 2.47. The molecule has 0 unspecified atom stereocenters. The molecule has 0 amide bonds. The van der Waals surface area contributed by atoms with Gasteiger partial charge in [0.15, 0.2) is 0 Å². The lowest BCUT2D eigenvalue weighted by Crippen LogP contribution is -2.53. The SMILES string of the molecule is Cc1cc(C(=O)O)c(NC2(c3ccccc3)COC2)cn1. The molecule has 1 saturated heterocycles. The quantitative estimate of drug-likeness (QED) is 0.902. The Balaban J connectivity index is 1.97. The first-order valence-corrected chi connectivity index (χ1v) is 6.72. The molecule has 3 rings (SSSR count). The van der Waals surface area contributed by atoms with Crippen LogP contribution < -0.4 is 5.32 Å². The lowest BCUT2D eigenvalue weighted by molar-refractivity contribution is -0.0447. The molecule has 5 nitrogen and oxygen atoms in total. The summed E-state index contributed by atoms with van der Waals surface area (Å²) in [5.74, 6) is -0.966. The summed E-state index contributed by atoms with van der Waals surface area (Å²) in [7, 11) is 0. The van der Waals surface area contributed by atoms with Gasteiger partial charge >= 0.3 is 5.97 Å². The molecule has 2 heterocycles. The number of pyridine rings is 1. The van der Waals surface area contributed by atoms with Crippen LogP contribution in [-0.4, -0.2) is 29.3 Å². The van der Waals surface area contributed by atoms with Crippen LogP contribution in [0.4, 0.5) is 5.69 Å². The second-order valence-corrected chi connectivity index (χ2v) is 5.24. The number of carboxylic acid groups (broad SMARTS) is 1. The average molecular weight is 284 g/mol. The Morgan fingerprint density at radius 3 is 2.62 bits per heavy atom. The predicted octanol–water partition coefficient (Wildman–Crippen LogP) is 2.43. The summed E-state index contributed by atoms with van der Waals surface area (Å²) in [5.41, 5.74) is 2.11. The molecule has 21 heavy (non-hydrogen) atoms. The van der Waals surface area contributed by atoms with Crippen LogP contribution in [0.3, 0.4) is 0 Å². The zero-order valence-corrected chi connectivity index (χ0v) is 11.7. The number of nitrogens with zero attached hydrogens (tertiary/aromatic N) is 1. The largest absolute Gasteiger partial charge is 0.478 e. The Bertz CT molecular complexity index is 666. The standard InChI is InChI=1S/C16H16N2O3/c1-11-7-13(15(19)20)14(8-17-11)18-16(9-21-10-16)12-5-3-2-4-6-12/h2-8,18H,9-10H2,1H3,(H,19,20). The van der Waals surface area contributed by atoms with Gasteiger partial charge in [0.2, 0.25) is 0 Å². The number of benzene rings is 1. The summed E-state index contributed by atoms with van der Waals surface area (Å²) in [5, 5.41) is 12.7. The first kappa shape index (κ1) is 13.6. The van der Waals surface area contributed by atoms with E-state index < -0.39 is 5.97 Å². The Morgan fingerprint density at radius 1 is 1.33 bits per heavy atom. The summed E-state index contributed by atoms with van der Waals surface area (Å²) < 4.78 is 5.36. The zero-order valence-electron chi connectivity index (χ0n) is 11.7. The molecule has 108 valence electrons. The molecular formula is C16H16N2O3. The minimum Gasteiger partial charge on any atom is -0.478 e. The topological polar surface area (TPSA) is 71.5 Å². The maximum absolute atomic E-state index is 11.4. The molecule has 1 aliphatic heterocycles. The molecule has 5 heteroatoms. The van der Waals surface area contributed by atoms with Crippen molar-refractivity contribution in [3.8, 4) is 0 Å². The van der Waals surface area contributed by atoms with Crippen molar-refractivity contribution in [3.05, 3.63) is 59.4 Å². The Labute approximate surface area is 122 Å². The van der Waals surface area contributed by atoms with Gasteiger partial charge in [0.25, 0.3) is 0 Å². The molecular weight excluding hydrogens is 268 g/mol. The summed E-state index contributed by atoms with van der Waals surface area (Å²) >= 11 is 0. The lowest BCUT2D eigenvalue weighted by Gasteiger charge is -2.43. The number of rotatable bonds is 4. The molecule has 0 atom stereocenters. The molecule has 1 aromatic carbocycles. The Morgan fingerprint density at radius 2 is 2.05 bits per heavy atom. The molecule has 2 aromatic rings. The van der Waals surface area contributed by atoms with Gasteiger partial charge in [-0.05, 0) is 18.6 Å². The molecule has 1 aliphatic rings. The number of ether oxygens (including phenoxy) is 1. The van der Waals surface area contributed by atoms with Crippen LogP contribution in [0.1, 0.15) is 21.6 Å². The highest BCUT2D eigenvalue weighted by molar-refractivity contribution is 5.94. The number of aromatic carboxylic acids is 1. The van der Waals surface area contributed by atoms with E-state index in [2.05, 4.69) is 10.3 Å². The monoisotopic (exact) mass is 284 g/mol. The van der Waals surface area contributed by atoms with Gasteiger partial charge in [-0.2, -0.15) is 0 Å². The fourth-order valence-corrected chi connectivity index (χ4v) is 2.47. The second-order valence-electron chi connectivity index (χ2n) is 5.24. The third-order valence-corrected chi connectivity index (χ3v) is 3.67. The summed E-state index contributed by atoms with van der Waals surface area (Å²) in [6, 6.07) is 11.5. The molecule has 0 aliphatic carbocycles. The van der Waals surface area contributed by atoms with Crippen molar-refractivity contribution in [2.24, 2.45) is 0 Å². The van der Waals surface area contributed by atoms with Gasteiger partial charge in [-0.15, -0.1) is 0 Å². The van der Waals surface area contributed by atoms with E-state index in [1.165, 1.54) is 0 Å². The van der Waals surface area contributed by atoms with Gasteiger partial charge in [0, 0.05) is 5.69 Å². The van der Waals surface area contributed by atoms with Crippen molar-refractivity contribution in [1.82, 2.24) is 4.98 Å². The smallest absolute Gasteiger partial charge is 0.337 e. The molecule has 0 bridgehead atoms. The molecule has 0 radical (unpaired) electrons. The normalized spacial score (nSPS) is 16.0. The first-order chi connectivity index (χ1) is 10.1. The minimum absolute atomic E-state index is 0.227. The van der Waals surface area contributed by atoms with Gasteiger partial charge in [-0.3, -0.25) is 4.98 Å². The Kier molecular flexibility index (Phi) is 3.35. The number of carbonyl (C=O) groups is 1. The average Bonchev–Trinajstić information content (AvgIpc) is 2.45. The number of aryl methyl sites for hydroxylation is 1. The zero-order chi connectivity index (χ0) is 14.9. The van der Waals surface area contributed by atoms with Crippen molar-refractivity contribution < 1.29 is 14.6 Å². The van der Waals surface area contributed by atoms with Crippen LogP contribution in [0.2, 0.25) is 0 Å². The number of carboxylic acids is 1. The highest BCUT2D eigenvalue weighted by atomic mass is 16.5. The van der Waals surface area contributed by atoms with Crippen LogP contribution >= 0.6 is 0 Å². The predicted molar refractivity (Wildman–Crippen MR) is 78.5 cm³/mol. The van der Waals surface area contributed by atoms with Gasteiger partial charge in [0.05, 0.1) is 30.7 Å². The lowest BCUT2D eigenvalue weighted by atomic mass is 9.87. The van der Waals surface area contributed by atoms with E-state index >= 15 is 0 Å². The van der Waals surface area contributed by atoms with E-state index in [1.54, 1.807) is 19.2 Å². The Hall–Kier alpha value is -2.40. The van der Waals surface area contributed by atoms with Gasteiger partial charge < -0.3 is 15.2 Å². The van der Waals surface area contributed by atoms with Crippen molar-refractivity contribution in [1.29, 1.82) is 0 Å². The minimum atomic E-state index is -0.966. The van der Waals surface area contributed by atoms with Crippen LogP contribution in [0.15, 0.2) is 42.6 Å². The van der Waals surface area contributed by atoms with Gasteiger partial charge in [-0.25, -0.2) is 4.79 Å². The van der Waals surface area contributed by atoms with Gasteiger partial charge in [0.1, 0.15) is 5.54 Å². The highest BCUT2D eigenvalue weighted by Crippen LogP contribution is 2.34. The number of hydrogen-bond acceptors (Lipinski definition) is 4. The van der Waals surface area contributed by atoms with E-state index in [-0.39, 0.29) is 11.1 Å². The van der Waals surface area contributed by atoms with E-state index in [0.29, 0.717) is 24.6 Å². The molecule has 0 spiro atoms. The van der Waals surface area contributed by atoms with E-state index in [0.717, 1.165) is 5.56 Å². The first-order valence-electron chi connectivity index (χ1n) is 6.72. The maximum atomic E-state index is 11.4. The highest BCUT2D eigenvalue weighted by Gasteiger charge is 2.41. The fraction of sp³-hybridized carbons (Fsp3) is 0.250. The van der Waals surface area contributed by atoms with Crippen molar-refractivity contribution >= 4 is 11.7 Å². The number of nitrogens with one attached hydrogen (secondary N) is 1. The summed E-state index contributed by atoms with van der Waals surface area (Å²) in [4.78, 5) is 15.6. The number of hydrogen-bond donors (Lipinski definition) is 2. The van der Waals surface area contributed by atoms with E-state index in [1.807, 2.05) is 30.3 Å². The molecule has 1 aromatic heterocycles. The maximum Gasteiger partial charge on any atom is 0.337 e. The van der Waals surface area contributed by atoms with Crippen molar-refractivity contribution in [2.75, 3.05) is 18.5 Å². The second kappa shape index (κ2) is 5.18. The van der Waals surface area contributed by atoms with Gasteiger partial charge in [-0.1, -0.05) is 30.3 Å². The number of aromatic nitrogens is 1. The van der Waals surface area contributed by atoms with Crippen LogP contribution in [0.5, 0.6) is 0 Å². The van der Waals surface area contributed by atoms with Crippen LogP contribution in [0.25, 0.3) is 0 Å².